The van der Waals surface area contributed by atoms with E-state index in [1.54, 1.807) is 13.2 Å². The summed E-state index contributed by atoms with van der Waals surface area (Å²) < 4.78 is 39.6. The predicted octanol–water partition coefficient (Wildman–Crippen LogP) is 4.13. The molecule has 0 aliphatic carbocycles. The van der Waals surface area contributed by atoms with Gasteiger partial charge in [-0.3, -0.25) is 14.7 Å². The maximum Gasteiger partial charge on any atom is 0.331 e. The lowest BCUT2D eigenvalue weighted by Crippen LogP contribution is -2.58. The van der Waals surface area contributed by atoms with Gasteiger partial charge in [0.25, 0.3) is 0 Å². The number of methoxy groups -OCH3 is 1. The number of ether oxygens (including phenoxy) is 2. The summed E-state index contributed by atoms with van der Waals surface area (Å²) in [4.78, 5) is 45.2. The minimum absolute atomic E-state index is 0.0736. The number of hydrogen-bond acceptors (Lipinski definition) is 8. The Balaban J connectivity index is 1.32. The van der Waals surface area contributed by atoms with Crippen molar-refractivity contribution in [2.45, 2.75) is 13.0 Å². The number of aromatic amines is 1. The number of amides is 4. The summed E-state index contributed by atoms with van der Waals surface area (Å²) >= 11 is 0. The third-order valence-electron chi connectivity index (χ3n) is 6.54. The number of rotatable bonds is 9. The van der Waals surface area contributed by atoms with E-state index in [2.05, 4.69) is 25.8 Å². The number of imide groups is 1. The van der Waals surface area contributed by atoms with Crippen molar-refractivity contribution in [1.29, 1.82) is 0 Å². The molecule has 2 atom stereocenters. The highest BCUT2D eigenvalue weighted by atomic mass is 19.1. The van der Waals surface area contributed by atoms with Crippen LogP contribution in [0.15, 0.2) is 54.7 Å². The molecular formula is C28H27F2N7O5. The van der Waals surface area contributed by atoms with Gasteiger partial charge in [-0.2, -0.15) is 5.10 Å². The fourth-order valence-electron chi connectivity index (χ4n) is 4.52. The Hall–Kier alpha value is -5.11. The second kappa shape index (κ2) is 11.8. The topological polar surface area (TPSA) is 142 Å². The second-order valence-corrected chi connectivity index (χ2v) is 9.71. The van der Waals surface area contributed by atoms with Crippen LogP contribution in [0.2, 0.25) is 0 Å². The van der Waals surface area contributed by atoms with Gasteiger partial charge in [-0.05, 0) is 43.3 Å². The maximum atomic E-state index is 15.2. The Kier molecular flexibility index (Phi) is 7.97. The molecule has 3 heterocycles. The van der Waals surface area contributed by atoms with Crippen LogP contribution >= 0.6 is 0 Å². The van der Waals surface area contributed by atoms with Gasteiger partial charge >= 0.3 is 6.03 Å². The second-order valence-electron chi connectivity index (χ2n) is 9.71. The first-order valence-electron chi connectivity index (χ1n) is 12.9. The number of benzene rings is 2. The van der Waals surface area contributed by atoms with Gasteiger partial charge in [-0.1, -0.05) is 0 Å². The van der Waals surface area contributed by atoms with Crippen LogP contribution in [0.1, 0.15) is 6.92 Å². The fourth-order valence-corrected chi connectivity index (χ4v) is 4.52. The highest BCUT2D eigenvalue weighted by Gasteiger charge is 2.42. The molecule has 0 saturated carbocycles. The van der Waals surface area contributed by atoms with Crippen molar-refractivity contribution >= 4 is 46.1 Å². The molecule has 1 unspecified atom stereocenters. The van der Waals surface area contributed by atoms with Crippen molar-refractivity contribution in [2.75, 3.05) is 42.8 Å². The number of fused-ring (bicyclic) bond motifs is 1. The van der Waals surface area contributed by atoms with Gasteiger partial charge < -0.3 is 25.0 Å². The third kappa shape index (κ3) is 5.69. The highest BCUT2D eigenvalue weighted by Crippen LogP contribution is 2.35. The molecular weight excluding hydrogens is 552 g/mol. The molecule has 14 heteroatoms. The van der Waals surface area contributed by atoms with E-state index >= 15 is 4.39 Å². The number of carbonyl (C=O) groups is 3. The van der Waals surface area contributed by atoms with Gasteiger partial charge in [-0.15, -0.1) is 0 Å². The lowest BCUT2D eigenvalue weighted by Gasteiger charge is -2.35. The Morgan fingerprint density at radius 2 is 1.90 bits per heavy atom. The van der Waals surface area contributed by atoms with E-state index < -0.39 is 35.4 Å². The Morgan fingerprint density at radius 3 is 2.62 bits per heavy atom. The highest BCUT2D eigenvalue weighted by molar-refractivity contribution is 6.23. The molecule has 0 spiro atoms. The van der Waals surface area contributed by atoms with Crippen LogP contribution in [0, 0.1) is 17.6 Å². The summed E-state index contributed by atoms with van der Waals surface area (Å²) in [5.74, 6) is -3.51. The lowest BCUT2D eigenvalue weighted by atomic mass is 10.0. The zero-order valence-corrected chi connectivity index (χ0v) is 22.9. The average molecular weight is 580 g/mol. The number of nitrogens with one attached hydrogen (secondary N) is 3. The van der Waals surface area contributed by atoms with Gasteiger partial charge in [0.1, 0.15) is 22.9 Å². The molecule has 4 aromatic rings. The van der Waals surface area contributed by atoms with Crippen LogP contribution in [0.25, 0.3) is 11.0 Å². The summed E-state index contributed by atoms with van der Waals surface area (Å²) in [5.41, 5.74) is 0.626. The molecule has 1 aliphatic heterocycles. The zero-order chi connectivity index (χ0) is 30.0. The van der Waals surface area contributed by atoms with Crippen LogP contribution in [0.3, 0.4) is 0 Å². The molecule has 0 bridgehead atoms. The van der Waals surface area contributed by atoms with E-state index in [1.165, 1.54) is 42.4 Å². The number of anilines is 3. The third-order valence-corrected chi connectivity index (χ3v) is 6.54. The number of carbonyl (C=O) groups excluding carboxylic acids is 3. The van der Waals surface area contributed by atoms with Crippen LogP contribution in [0.5, 0.6) is 11.5 Å². The van der Waals surface area contributed by atoms with E-state index in [-0.39, 0.29) is 35.5 Å². The summed E-state index contributed by atoms with van der Waals surface area (Å²) in [6, 6.07) is 9.40. The van der Waals surface area contributed by atoms with E-state index in [1.807, 2.05) is 6.92 Å². The van der Waals surface area contributed by atoms with Crippen LogP contribution in [-0.4, -0.2) is 71.3 Å². The van der Waals surface area contributed by atoms with Crippen molar-refractivity contribution in [2.24, 2.45) is 5.92 Å². The normalized spacial score (nSPS) is 16.1. The molecule has 42 heavy (non-hydrogen) atoms. The monoisotopic (exact) mass is 579 g/mol. The van der Waals surface area contributed by atoms with Crippen molar-refractivity contribution in [3.05, 3.63) is 66.4 Å². The van der Waals surface area contributed by atoms with E-state index in [0.717, 1.165) is 23.1 Å². The number of nitrogens with zero attached hydrogens (tertiary/aromatic N) is 4. The molecule has 2 aromatic heterocycles. The van der Waals surface area contributed by atoms with Crippen molar-refractivity contribution in [3.63, 3.8) is 0 Å². The van der Waals surface area contributed by atoms with Crippen LogP contribution < -0.4 is 20.3 Å². The van der Waals surface area contributed by atoms with Gasteiger partial charge in [0.2, 0.25) is 11.8 Å². The largest absolute Gasteiger partial charge is 0.453 e. The molecule has 218 valence electrons. The van der Waals surface area contributed by atoms with Gasteiger partial charge in [0.15, 0.2) is 23.0 Å². The molecule has 5 rings (SSSR count). The smallest absolute Gasteiger partial charge is 0.331 e. The Morgan fingerprint density at radius 1 is 1.14 bits per heavy atom. The number of aromatic nitrogens is 3. The fraction of sp³-hybridized carbons (Fsp3) is 0.250. The van der Waals surface area contributed by atoms with Crippen LogP contribution in [-0.2, 0) is 14.3 Å². The van der Waals surface area contributed by atoms with Gasteiger partial charge in [0, 0.05) is 50.8 Å². The number of H-pyrrole nitrogens is 1. The number of pyridine rings is 1. The molecule has 2 aromatic carbocycles. The number of halogens is 2. The average Bonchev–Trinajstić information content (AvgIpc) is 3.36. The summed E-state index contributed by atoms with van der Waals surface area (Å²) in [6.07, 6.45) is 1.49. The van der Waals surface area contributed by atoms with Gasteiger partial charge in [0.05, 0.1) is 12.3 Å². The lowest BCUT2D eigenvalue weighted by molar-refractivity contribution is -0.131. The van der Waals surface area contributed by atoms with Gasteiger partial charge in [-0.25, -0.2) is 23.5 Å². The van der Waals surface area contributed by atoms with E-state index in [0.29, 0.717) is 23.5 Å². The standard InChI is InChI=1S/C28H27F2N7O5/c1-15(14-41-3)32-25-23-22(10-11-31-24(23)34-35-25)42-21-9-6-17(12-20(21)30)33-26(38)19-13-36(2)28(40)37(27(19)39)18-7-4-16(29)5-8-18/h4-12,15,19H,13-14H2,1-3H3,(H,33,38)(H2,31,32,34,35)/t15-,19?/m0/s1. The molecule has 1 saturated heterocycles. The quantitative estimate of drug-likeness (QED) is 0.252. The first-order valence-corrected chi connectivity index (χ1v) is 12.9. The van der Waals surface area contributed by atoms with Crippen molar-refractivity contribution < 1.29 is 32.6 Å². The van der Waals surface area contributed by atoms with E-state index in [9.17, 15) is 18.8 Å². The van der Waals surface area contributed by atoms with E-state index in [4.69, 9.17) is 9.47 Å². The summed E-state index contributed by atoms with van der Waals surface area (Å²) in [6.45, 7) is 2.15. The summed E-state index contributed by atoms with van der Waals surface area (Å²) in [7, 11) is 3.02. The van der Waals surface area contributed by atoms with Crippen molar-refractivity contribution in [1.82, 2.24) is 20.1 Å². The molecule has 1 aliphatic rings. The SMILES string of the molecule is COC[C@H](C)Nc1n[nH]c2nccc(Oc3ccc(NC(=O)C4CN(C)C(=O)N(c5ccc(F)cc5)C4=O)cc3F)c12. The number of urea groups is 1. The first kappa shape index (κ1) is 28.4. The minimum atomic E-state index is -1.28. The molecule has 1 fully saturated rings. The zero-order valence-electron chi connectivity index (χ0n) is 22.9. The minimum Gasteiger partial charge on any atom is -0.453 e. The number of hydrogen-bond donors (Lipinski definition) is 3. The maximum absolute atomic E-state index is 15.2. The molecule has 0 radical (unpaired) electrons. The van der Waals surface area contributed by atoms with Crippen molar-refractivity contribution in [3.8, 4) is 11.5 Å². The summed E-state index contributed by atoms with van der Waals surface area (Å²) in [5, 5.41) is 13.3. The Bertz CT molecular complexity index is 1650. The molecule has 12 nitrogen and oxygen atoms in total. The predicted molar refractivity (Wildman–Crippen MR) is 149 cm³/mol. The Labute approximate surface area is 238 Å². The molecule has 3 N–H and O–H groups in total. The first-order chi connectivity index (χ1) is 20.2. The van der Waals surface area contributed by atoms with Crippen LogP contribution in [0.4, 0.5) is 30.8 Å². The molecule has 4 amide bonds.